The smallest absolute Gasteiger partial charge is 0.155 e. The number of carbonyl (C=O) groups excluding carboxylic acids is 1. The van der Waals surface area contributed by atoms with Crippen LogP contribution >= 0.6 is 11.6 Å². The van der Waals surface area contributed by atoms with E-state index in [2.05, 4.69) is 0 Å². The van der Waals surface area contributed by atoms with Crippen LogP contribution in [-0.4, -0.2) is 25.6 Å². The number of rotatable bonds is 5. The first kappa shape index (κ1) is 12.4. The van der Waals surface area contributed by atoms with E-state index in [-0.39, 0.29) is 0 Å². The number of halogens is 1. The van der Waals surface area contributed by atoms with Crippen molar-refractivity contribution in [3.63, 3.8) is 0 Å². The summed E-state index contributed by atoms with van der Waals surface area (Å²) in [6.07, 6.45) is 4.10. The monoisotopic (exact) mass is 254 g/mol. The first-order valence-electron chi connectivity index (χ1n) is 5.79. The van der Waals surface area contributed by atoms with E-state index in [1.54, 1.807) is 18.2 Å². The van der Waals surface area contributed by atoms with Crippen molar-refractivity contribution in [1.82, 2.24) is 0 Å². The van der Waals surface area contributed by atoms with Crippen molar-refractivity contribution in [3.8, 4) is 5.75 Å². The van der Waals surface area contributed by atoms with Crippen molar-refractivity contribution < 1.29 is 14.3 Å². The molecule has 2 rings (SSSR count). The Labute approximate surface area is 106 Å². The minimum Gasteiger partial charge on any atom is -0.493 e. The molecule has 92 valence electrons. The van der Waals surface area contributed by atoms with Gasteiger partial charge in [0.05, 0.1) is 23.3 Å². The fourth-order valence-corrected chi connectivity index (χ4v) is 2.14. The minimum absolute atomic E-state index is 0.300. The largest absolute Gasteiger partial charge is 0.493 e. The highest BCUT2D eigenvalue weighted by atomic mass is 35.5. The first-order chi connectivity index (χ1) is 8.31. The molecule has 0 aromatic heterocycles. The van der Waals surface area contributed by atoms with Crippen molar-refractivity contribution in [2.24, 2.45) is 0 Å². The van der Waals surface area contributed by atoms with Gasteiger partial charge >= 0.3 is 0 Å². The zero-order valence-corrected chi connectivity index (χ0v) is 10.3. The van der Waals surface area contributed by atoms with Crippen molar-refractivity contribution in [3.05, 3.63) is 28.8 Å². The maximum Gasteiger partial charge on any atom is 0.155 e. The lowest BCUT2D eigenvalue weighted by Gasteiger charge is -2.12. The van der Waals surface area contributed by atoms with Gasteiger partial charge in [-0.1, -0.05) is 17.7 Å². The predicted molar refractivity (Wildman–Crippen MR) is 65.9 cm³/mol. The van der Waals surface area contributed by atoms with Crippen molar-refractivity contribution in [2.45, 2.75) is 25.4 Å². The number of benzene rings is 1. The molecule has 1 aromatic carbocycles. The van der Waals surface area contributed by atoms with Crippen LogP contribution in [0.5, 0.6) is 5.75 Å². The van der Waals surface area contributed by atoms with Crippen LogP contribution in [0.3, 0.4) is 0 Å². The molecule has 1 unspecified atom stereocenters. The molecular formula is C13H15ClO3. The minimum atomic E-state index is 0.300. The molecule has 1 fully saturated rings. The molecule has 1 heterocycles. The maximum absolute atomic E-state index is 10.9. The van der Waals surface area contributed by atoms with Gasteiger partial charge in [-0.25, -0.2) is 0 Å². The molecule has 1 aromatic rings. The molecular weight excluding hydrogens is 240 g/mol. The van der Waals surface area contributed by atoms with Crippen molar-refractivity contribution in [1.29, 1.82) is 0 Å². The number of carbonyl (C=O) groups is 1. The van der Waals surface area contributed by atoms with Gasteiger partial charge in [-0.15, -0.1) is 0 Å². The van der Waals surface area contributed by atoms with Gasteiger partial charge in [0, 0.05) is 13.0 Å². The molecule has 0 bridgehead atoms. The van der Waals surface area contributed by atoms with E-state index in [9.17, 15) is 4.79 Å². The molecule has 0 amide bonds. The highest BCUT2D eigenvalue weighted by Crippen LogP contribution is 2.25. The Balaban J connectivity index is 1.89. The second kappa shape index (κ2) is 6.03. The van der Waals surface area contributed by atoms with E-state index in [4.69, 9.17) is 21.1 Å². The maximum atomic E-state index is 10.9. The summed E-state index contributed by atoms with van der Waals surface area (Å²) in [5.41, 5.74) is 0.418. The second-order valence-corrected chi connectivity index (χ2v) is 4.45. The molecule has 1 aliphatic heterocycles. The van der Waals surface area contributed by atoms with Crippen LogP contribution in [0, 0.1) is 0 Å². The molecule has 1 atom stereocenters. The van der Waals surface area contributed by atoms with E-state index in [1.807, 2.05) is 0 Å². The molecule has 0 radical (unpaired) electrons. The van der Waals surface area contributed by atoms with Gasteiger partial charge in [-0.3, -0.25) is 4.79 Å². The lowest BCUT2D eigenvalue weighted by atomic mass is 10.2. The van der Waals surface area contributed by atoms with Gasteiger partial charge in [0.15, 0.2) is 6.29 Å². The molecule has 0 aliphatic carbocycles. The third-order valence-electron chi connectivity index (χ3n) is 2.85. The van der Waals surface area contributed by atoms with Crippen LogP contribution in [0.25, 0.3) is 0 Å². The molecule has 1 saturated heterocycles. The van der Waals surface area contributed by atoms with Crippen molar-refractivity contribution >= 4 is 17.9 Å². The van der Waals surface area contributed by atoms with Gasteiger partial charge in [-0.05, 0) is 25.0 Å². The highest BCUT2D eigenvalue weighted by Gasteiger charge is 2.15. The standard InChI is InChI=1S/C13H15ClO3/c14-12-4-1-5-13(11(12)9-15)17-8-6-10-3-2-7-16-10/h1,4-5,9-10H,2-3,6-8H2. The summed E-state index contributed by atoms with van der Waals surface area (Å²) in [5.74, 6) is 0.547. The third-order valence-corrected chi connectivity index (χ3v) is 3.18. The normalized spacial score (nSPS) is 19.2. The number of aldehydes is 1. The quantitative estimate of drug-likeness (QED) is 0.758. The average molecular weight is 255 g/mol. The molecule has 0 spiro atoms. The van der Waals surface area contributed by atoms with Gasteiger partial charge in [0.2, 0.25) is 0 Å². The third kappa shape index (κ3) is 3.20. The first-order valence-corrected chi connectivity index (χ1v) is 6.17. The number of hydrogen-bond acceptors (Lipinski definition) is 3. The van der Waals surface area contributed by atoms with E-state index in [0.717, 1.165) is 32.2 Å². The van der Waals surface area contributed by atoms with E-state index >= 15 is 0 Å². The summed E-state index contributed by atoms with van der Waals surface area (Å²) >= 11 is 5.90. The van der Waals surface area contributed by atoms with Crippen LogP contribution in [0.2, 0.25) is 5.02 Å². The average Bonchev–Trinajstić information content (AvgIpc) is 2.82. The zero-order valence-electron chi connectivity index (χ0n) is 9.52. The van der Waals surface area contributed by atoms with E-state index in [0.29, 0.717) is 29.0 Å². The van der Waals surface area contributed by atoms with Crippen molar-refractivity contribution in [2.75, 3.05) is 13.2 Å². The second-order valence-electron chi connectivity index (χ2n) is 4.04. The number of ether oxygens (including phenoxy) is 2. The summed E-state index contributed by atoms with van der Waals surface area (Å²) in [4.78, 5) is 10.9. The van der Waals surface area contributed by atoms with Crippen LogP contribution in [0.1, 0.15) is 29.6 Å². The van der Waals surface area contributed by atoms with Gasteiger partial charge < -0.3 is 9.47 Å². The Morgan fingerprint density at radius 1 is 1.53 bits per heavy atom. The van der Waals surface area contributed by atoms with E-state index in [1.165, 1.54) is 0 Å². The summed E-state index contributed by atoms with van der Waals surface area (Å²) in [6, 6.07) is 5.21. The Bertz CT molecular complexity index is 386. The Kier molecular flexibility index (Phi) is 4.40. The lowest BCUT2D eigenvalue weighted by Crippen LogP contribution is -2.11. The SMILES string of the molecule is O=Cc1c(Cl)cccc1OCCC1CCCO1. The van der Waals surface area contributed by atoms with Crippen LogP contribution in [0.15, 0.2) is 18.2 Å². The molecule has 1 aliphatic rings. The topological polar surface area (TPSA) is 35.5 Å². The van der Waals surface area contributed by atoms with Gasteiger partial charge in [0.1, 0.15) is 5.75 Å². The summed E-state index contributed by atoms with van der Waals surface area (Å²) in [6.45, 7) is 1.40. The van der Waals surface area contributed by atoms with Gasteiger partial charge in [0.25, 0.3) is 0 Å². The Morgan fingerprint density at radius 3 is 3.12 bits per heavy atom. The molecule has 3 nitrogen and oxygen atoms in total. The van der Waals surface area contributed by atoms with Crippen LogP contribution < -0.4 is 4.74 Å². The molecule has 17 heavy (non-hydrogen) atoms. The fraction of sp³-hybridized carbons (Fsp3) is 0.462. The molecule has 4 heteroatoms. The summed E-state index contributed by atoms with van der Waals surface area (Å²) < 4.78 is 11.1. The van der Waals surface area contributed by atoms with E-state index < -0.39 is 0 Å². The van der Waals surface area contributed by atoms with Crippen LogP contribution in [-0.2, 0) is 4.74 Å². The molecule has 0 N–H and O–H groups in total. The fourth-order valence-electron chi connectivity index (χ4n) is 1.93. The molecule has 0 saturated carbocycles. The zero-order chi connectivity index (χ0) is 12.1. The van der Waals surface area contributed by atoms with Gasteiger partial charge in [-0.2, -0.15) is 0 Å². The highest BCUT2D eigenvalue weighted by molar-refractivity contribution is 6.33. The summed E-state index contributed by atoms with van der Waals surface area (Å²) in [5, 5.41) is 0.426. The lowest BCUT2D eigenvalue weighted by molar-refractivity contribution is 0.0901. The Hall–Kier alpha value is -1.06. The predicted octanol–water partition coefficient (Wildman–Crippen LogP) is 3.10. The van der Waals surface area contributed by atoms with Crippen LogP contribution in [0.4, 0.5) is 0 Å². The summed E-state index contributed by atoms with van der Waals surface area (Å²) in [7, 11) is 0. The number of hydrogen-bond donors (Lipinski definition) is 0. The Morgan fingerprint density at radius 2 is 2.41 bits per heavy atom.